The molecule has 0 saturated heterocycles. The van der Waals surface area contributed by atoms with Crippen molar-refractivity contribution < 1.29 is 19.6 Å². The second kappa shape index (κ2) is 8.76. The first-order valence-corrected chi connectivity index (χ1v) is 12.4. The molecule has 6 rings (SSSR count). The first-order chi connectivity index (χ1) is 17.9. The van der Waals surface area contributed by atoms with Gasteiger partial charge in [-0.15, -0.1) is 11.3 Å². The monoisotopic (exact) mass is 507 g/mol. The maximum Gasteiger partial charge on any atom is 0.269 e. The minimum absolute atomic E-state index is 0.0165. The van der Waals surface area contributed by atoms with Crippen molar-refractivity contribution in [3.05, 3.63) is 112 Å². The molecule has 0 spiro atoms. The number of thiophene rings is 1. The molecule has 0 aliphatic carbocycles. The van der Waals surface area contributed by atoms with Crippen LogP contribution < -0.4 is 9.84 Å². The van der Waals surface area contributed by atoms with Gasteiger partial charge >= 0.3 is 0 Å². The Morgan fingerprint density at radius 2 is 1.73 bits per heavy atom. The number of hydrogen-bond donors (Lipinski definition) is 0. The Morgan fingerprint density at radius 3 is 2.49 bits per heavy atom. The molecule has 182 valence electrons. The molecule has 0 aliphatic rings. The fourth-order valence-corrected chi connectivity index (χ4v) is 5.93. The van der Waals surface area contributed by atoms with Crippen molar-refractivity contribution >= 4 is 54.1 Å². The third kappa shape index (κ3) is 3.88. The van der Waals surface area contributed by atoms with Crippen LogP contribution in [0.4, 0.5) is 5.69 Å². The van der Waals surface area contributed by atoms with Crippen molar-refractivity contribution in [1.29, 1.82) is 0 Å². The van der Waals surface area contributed by atoms with Gasteiger partial charge in [0.1, 0.15) is 12.4 Å². The summed E-state index contributed by atoms with van der Waals surface area (Å²) >= 11 is 1.70. The lowest BCUT2D eigenvalue weighted by Crippen LogP contribution is -2.25. The number of carboxylic acids is 1. The Morgan fingerprint density at radius 1 is 0.946 bits per heavy atom. The van der Waals surface area contributed by atoms with Gasteiger partial charge < -0.3 is 19.2 Å². The smallest absolute Gasteiger partial charge is 0.269 e. The lowest BCUT2D eigenvalue weighted by Gasteiger charge is -2.14. The molecule has 0 unspecified atom stereocenters. The SMILES string of the molecule is Cc1c2cc(C(=O)[O-])n(-c3cccc(OCc4ccc([N+](=O)[O-])cc4)c3)c2cc2c1sc1ccccc12. The van der Waals surface area contributed by atoms with Crippen molar-refractivity contribution in [3.8, 4) is 11.4 Å². The Kier molecular flexibility index (Phi) is 5.39. The fraction of sp³-hybridized carbons (Fsp3) is 0.0690. The highest BCUT2D eigenvalue weighted by Crippen LogP contribution is 2.41. The summed E-state index contributed by atoms with van der Waals surface area (Å²) in [5.74, 6) is -0.721. The number of non-ortho nitro benzene ring substituents is 1. The van der Waals surface area contributed by atoms with Crippen LogP contribution in [0.25, 0.3) is 36.8 Å². The minimum atomic E-state index is -1.26. The zero-order valence-electron chi connectivity index (χ0n) is 19.6. The topological polar surface area (TPSA) is 97.4 Å². The molecular formula is C29H19N2O5S-. The zero-order chi connectivity index (χ0) is 25.7. The van der Waals surface area contributed by atoms with E-state index in [0.29, 0.717) is 11.4 Å². The molecule has 2 heterocycles. The second-order valence-corrected chi connectivity index (χ2v) is 9.82. The van der Waals surface area contributed by atoms with Gasteiger partial charge in [0, 0.05) is 49.4 Å². The number of rotatable bonds is 6. The van der Waals surface area contributed by atoms with E-state index in [1.807, 2.05) is 31.2 Å². The highest BCUT2D eigenvalue weighted by Gasteiger charge is 2.18. The van der Waals surface area contributed by atoms with E-state index in [-0.39, 0.29) is 18.0 Å². The first-order valence-electron chi connectivity index (χ1n) is 11.5. The predicted molar refractivity (Wildman–Crippen MR) is 143 cm³/mol. The van der Waals surface area contributed by atoms with Crippen molar-refractivity contribution in [1.82, 2.24) is 4.57 Å². The number of carbonyl (C=O) groups is 1. The van der Waals surface area contributed by atoms with Crippen molar-refractivity contribution in [3.63, 3.8) is 0 Å². The van der Waals surface area contributed by atoms with Gasteiger partial charge in [0.25, 0.3) is 5.69 Å². The average molecular weight is 508 g/mol. The minimum Gasteiger partial charge on any atom is -0.543 e. The Balaban J connectivity index is 1.44. The molecule has 0 N–H and O–H groups in total. The van der Waals surface area contributed by atoms with E-state index in [4.69, 9.17) is 4.74 Å². The van der Waals surface area contributed by atoms with E-state index in [1.165, 1.54) is 16.8 Å². The number of nitro groups is 1. The van der Waals surface area contributed by atoms with E-state index >= 15 is 0 Å². The molecule has 37 heavy (non-hydrogen) atoms. The number of hydrogen-bond acceptors (Lipinski definition) is 6. The van der Waals surface area contributed by atoms with Gasteiger partial charge in [-0.3, -0.25) is 10.1 Å². The second-order valence-electron chi connectivity index (χ2n) is 8.77. The number of nitro benzene ring substituents is 1. The summed E-state index contributed by atoms with van der Waals surface area (Å²) in [6, 6.07) is 25.3. The van der Waals surface area contributed by atoms with Crippen LogP contribution in [0.15, 0.2) is 84.9 Å². The van der Waals surface area contributed by atoms with Gasteiger partial charge in [0.2, 0.25) is 0 Å². The van der Waals surface area contributed by atoms with E-state index in [9.17, 15) is 20.0 Å². The zero-order valence-corrected chi connectivity index (χ0v) is 20.5. The summed E-state index contributed by atoms with van der Waals surface area (Å²) in [6.07, 6.45) is 0. The van der Waals surface area contributed by atoms with Crippen LogP contribution in [-0.2, 0) is 6.61 Å². The summed E-state index contributed by atoms with van der Waals surface area (Å²) < 4.78 is 9.95. The van der Waals surface area contributed by atoms with E-state index in [0.717, 1.165) is 37.5 Å². The van der Waals surface area contributed by atoms with Crippen LogP contribution in [0.3, 0.4) is 0 Å². The molecule has 7 nitrogen and oxygen atoms in total. The Hall–Kier alpha value is -4.69. The van der Waals surface area contributed by atoms with Gasteiger partial charge in [-0.1, -0.05) is 24.3 Å². The molecule has 4 aromatic carbocycles. The van der Waals surface area contributed by atoms with Gasteiger partial charge in [0.05, 0.1) is 22.1 Å². The molecule has 0 atom stereocenters. The van der Waals surface area contributed by atoms with Crippen LogP contribution in [-0.4, -0.2) is 15.5 Å². The van der Waals surface area contributed by atoms with Crippen LogP contribution in [0.2, 0.25) is 0 Å². The van der Waals surface area contributed by atoms with E-state index in [1.54, 1.807) is 52.3 Å². The predicted octanol–water partition coefficient (Wildman–Crippen LogP) is 6.16. The van der Waals surface area contributed by atoms with E-state index < -0.39 is 10.9 Å². The summed E-state index contributed by atoms with van der Waals surface area (Å²) in [5, 5.41) is 26.1. The van der Waals surface area contributed by atoms with Gasteiger partial charge in [-0.05, 0) is 60.5 Å². The maximum atomic E-state index is 12.2. The number of carboxylic acid groups (broad SMARTS) is 1. The molecule has 0 bridgehead atoms. The van der Waals surface area contributed by atoms with Crippen molar-refractivity contribution in [2.24, 2.45) is 0 Å². The quantitative estimate of drug-likeness (QED) is 0.199. The van der Waals surface area contributed by atoms with Gasteiger partial charge in [-0.2, -0.15) is 0 Å². The maximum absolute atomic E-state index is 12.2. The summed E-state index contributed by atoms with van der Waals surface area (Å²) in [5.41, 5.74) is 3.30. The molecule has 0 amide bonds. The summed E-state index contributed by atoms with van der Waals surface area (Å²) in [7, 11) is 0. The first kappa shape index (κ1) is 22.8. The van der Waals surface area contributed by atoms with Crippen molar-refractivity contribution in [2.75, 3.05) is 0 Å². The molecule has 0 aliphatic heterocycles. The number of aromatic carboxylic acids is 1. The number of benzene rings is 4. The van der Waals surface area contributed by atoms with Crippen LogP contribution in [0.1, 0.15) is 21.6 Å². The standard InChI is InChI=1S/C29H20N2O5S/c1-17-23-14-26(29(32)33)30(25(23)15-24-22-7-2-3-8-27(22)37-28(17)24)20-5-4-6-21(13-20)36-16-18-9-11-19(12-10-18)31(34)35/h2-15H,16H2,1H3,(H,32,33)/p-1. The molecule has 0 radical (unpaired) electrons. The lowest BCUT2D eigenvalue weighted by atomic mass is 10.1. The third-order valence-electron chi connectivity index (χ3n) is 6.54. The molecule has 0 fully saturated rings. The van der Waals surface area contributed by atoms with E-state index in [2.05, 4.69) is 12.1 Å². The molecule has 0 saturated carbocycles. The third-order valence-corrected chi connectivity index (χ3v) is 7.84. The number of carbonyl (C=O) groups excluding carboxylic acids is 1. The highest BCUT2D eigenvalue weighted by atomic mass is 32.1. The molecule has 2 aromatic heterocycles. The summed E-state index contributed by atoms with van der Waals surface area (Å²) in [4.78, 5) is 22.6. The number of ether oxygens (including phenoxy) is 1. The summed E-state index contributed by atoms with van der Waals surface area (Å²) in [6.45, 7) is 2.23. The molecule has 8 heteroatoms. The lowest BCUT2D eigenvalue weighted by molar-refractivity contribution is -0.384. The largest absolute Gasteiger partial charge is 0.543 e. The molecular weight excluding hydrogens is 488 g/mol. The Labute approximate surface area is 214 Å². The number of aromatic nitrogens is 1. The fourth-order valence-electron chi connectivity index (χ4n) is 4.74. The number of nitrogens with zero attached hydrogens (tertiary/aromatic N) is 2. The van der Waals surface area contributed by atoms with Crippen molar-refractivity contribution in [2.45, 2.75) is 13.5 Å². The number of aryl methyl sites for hydroxylation is 1. The van der Waals surface area contributed by atoms with Gasteiger partial charge in [0.15, 0.2) is 0 Å². The number of fused-ring (bicyclic) bond motifs is 4. The molecule has 6 aromatic rings. The van der Waals surface area contributed by atoms with Crippen LogP contribution in [0, 0.1) is 17.0 Å². The van der Waals surface area contributed by atoms with Crippen LogP contribution >= 0.6 is 11.3 Å². The van der Waals surface area contributed by atoms with Crippen LogP contribution in [0.5, 0.6) is 5.75 Å². The average Bonchev–Trinajstić information content (AvgIpc) is 3.48. The van der Waals surface area contributed by atoms with Gasteiger partial charge in [-0.25, -0.2) is 0 Å². The Bertz CT molecular complexity index is 1850. The normalized spacial score (nSPS) is 11.4. The highest BCUT2D eigenvalue weighted by molar-refractivity contribution is 7.26.